The van der Waals surface area contributed by atoms with Gasteiger partial charge < -0.3 is 20.3 Å². The highest BCUT2D eigenvalue weighted by Gasteiger charge is 2.19. The van der Waals surface area contributed by atoms with Crippen molar-refractivity contribution in [1.29, 1.82) is 0 Å². The number of aliphatic imine (C=N–C) groups is 1. The highest BCUT2D eigenvalue weighted by molar-refractivity contribution is 14.0. The number of likely N-dealkylation sites (tertiary alicyclic amines) is 2. The molecule has 3 rings (SSSR count). The van der Waals surface area contributed by atoms with Crippen molar-refractivity contribution < 1.29 is 4.74 Å². The van der Waals surface area contributed by atoms with Gasteiger partial charge in [-0.3, -0.25) is 9.89 Å². The van der Waals surface area contributed by atoms with Crippen LogP contribution in [0.1, 0.15) is 37.7 Å². The molecular formula is C23H40IN5O. The van der Waals surface area contributed by atoms with Crippen molar-refractivity contribution in [3.8, 4) is 5.75 Å². The maximum absolute atomic E-state index is 5.25. The number of hydrogen-bond acceptors (Lipinski definition) is 4. The van der Waals surface area contributed by atoms with Crippen LogP contribution in [0.5, 0.6) is 5.75 Å². The molecule has 0 radical (unpaired) electrons. The van der Waals surface area contributed by atoms with E-state index in [-0.39, 0.29) is 24.0 Å². The molecule has 6 nitrogen and oxygen atoms in total. The van der Waals surface area contributed by atoms with Crippen LogP contribution in [0.2, 0.25) is 0 Å². The van der Waals surface area contributed by atoms with E-state index in [9.17, 15) is 0 Å². The lowest BCUT2D eigenvalue weighted by atomic mass is 9.96. The molecule has 2 saturated heterocycles. The zero-order valence-corrected chi connectivity index (χ0v) is 21.1. The minimum Gasteiger partial charge on any atom is -0.497 e. The van der Waals surface area contributed by atoms with Crippen LogP contribution in [0, 0.1) is 5.92 Å². The number of nitrogens with zero attached hydrogens (tertiary/aromatic N) is 3. The number of nitrogens with one attached hydrogen (secondary N) is 2. The van der Waals surface area contributed by atoms with E-state index in [2.05, 4.69) is 49.7 Å². The molecule has 0 aromatic heterocycles. The Kier molecular flexibility index (Phi) is 11.8. The van der Waals surface area contributed by atoms with Crippen molar-refractivity contribution in [2.75, 3.05) is 60.0 Å². The first kappa shape index (κ1) is 25.2. The van der Waals surface area contributed by atoms with Gasteiger partial charge in [-0.05, 0) is 75.5 Å². The second-order valence-electron chi connectivity index (χ2n) is 8.35. The Morgan fingerprint density at radius 2 is 1.70 bits per heavy atom. The van der Waals surface area contributed by atoms with Crippen LogP contribution in [-0.2, 0) is 6.54 Å². The van der Waals surface area contributed by atoms with Crippen LogP contribution < -0.4 is 15.4 Å². The quantitative estimate of drug-likeness (QED) is 0.308. The Morgan fingerprint density at radius 1 is 1.00 bits per heavy atom. The molecule has 0 atom stereocenters. The molecule has 170 valence electrons. The van der Waals surface area contributed by atoms with E-state index in [0.29, 0.717) is 0 Å². The van der Waals surface area contributed by atoms with E-state index < -0.39 is 0 Å². The third-order valence-corrected chi connectivity index (χ3v) is 6.22. The van der Waals surface area contributed by atoms with Gasteiger partial charge in [-0.25, -0.2) is 0 Å². The Bertz CT molecular complexity index is 611. The number of benzene rings is 1. The summed E-state index contributed by atoms with van der Waals surface area (Å²) in [5.41, 5.74) is 1.36. The van der Waals surface area contributed by atoms with Gasteiger partial charge in [0.2, 0.25) is 0 Å². The first-order chi connectivity index (χ1) is 14.3. The number of hydrogen-bond donors (Lipinski definition) is 2. The zero-order valence-electron chi connectivity index (χ0n) is 18.7. The lowest BCUT2D eigenvalue weighted by Gasteiger charge is -2.32. The minimum absolute atomic E-state index is 0. The Hall–Kier alpha value is -1.06. The molecule has 2 aliphatic rings. The lowest BCUT2D eigenvalue weighted by Crippen LogP contribution is -2.45. The molecule has 1 aromatic carbocycles. The fourth-order valence-corrected chi connectivity index (χ4v) is 4.31. The third kappa shape index (κ3) is 8.59. The van der Waals surface area contributed by atoms with Crippen LogP contribution >= 0.6 is 24.0 Å². The molecule has 2 fully saturated rings. The van der Waals surface area contributed by atoms with Crippen LogP contribution in [-0.4, -0.2) is 75.7 Å². The fraction of sp³-hybridized carbons (Fsp3) is 0.696. The first-order valence-corrected chi connectivity index (χ1v) is 11.3. The molecular weight excluding hydrogens is 489 g/mol. The van der Waals surface area contributed by atoms with Gasteiger partial charge in [0, 0.05) is 33.2 Å². The van der Waals surface area contributed by atoms with Crippen LogP contribution in [0.4, 0.5) is 0 Å². The summed E-state index contributed by atoms with van der Waals surface area (Å²) in [6.45, 7) is 8.97. The average Bonchev–Trinajstić information content (AvgIpc) is 2.78. The fourth-order valence-electron chi connectivity index (χ4n) is 4.31. The van der Waals surface area contributed by atoms with E-state index in [0.717, 1.165) is 43.8 Å². The van der Waals surface area contributed by atoms with E-state index in [4.69, 9.17) is 4.74 Å². The molecule has 0 bridgehead atoms. The average molecular weight is 530 g/mol. The molecule has 2 N–H and O–H groups in total. The molecule has 2 aliphatic heterocycles. The molecule has 0 spiro atoms. The predicted octanol–water partition coefficient (Wildman–Crippen LogP) is 3.18. The maximum atomic E-state index is 5.25. The molecule has 0 unspecified atom stereocenters. The van der Waals surface area contributed by atoms with Gasteiger partial charge in [0.25, 0.3) is 0 Å². The monoisotopic (exact) mass is 529 g/mol. The smallest absolute Gasteiger partial charge is 0.191 e. The summed E-state index contributed by atoms with van der Waals surface area (Å²) in [7, 11) is 3.58. The normalized spacial score (nSPS) is 19.2. The molecule has 1 aromatic rings. The summed E-state index contributed by atoms with van der Waals surface area (Å²) in [6, 6.07) is 8.45. The molecule has 30 heavy (non-hydrogen) atoms. The second kappa shape index (κ2) is 14.1. The van der Waals surface area contributed by atoms with Gasteiger partial charge in [-0.2, -0.15) is 0 Å². The molecule has 2 heterocycles. The predicted molar refractivity (Wildman–Crippen MR) is 136 cm³/mol. The standard InChI is InChI=1S/C23H39N5O.HI/c1-24-23(25-12-17-27-13-4-3-5-14-27)26-18-20-10-15-28(16-11-20)19-21-6-8-22(29-2)9-7-21;/h6-9,20H,3-5,10-19H2,1-2H3,(H2,24,25,26);1H. The second-order valence-corrected chi connectivity index (χ2v) is 8.35. The van der Waals surface area contributed by atoms with Crippen molar-refractivity contribution in [2.45, 2.75) is 38.6 Å². The highest BCUT2D eigenvalue weighted by Crippen LogP contribution is 2.19. The number of halogens is 1. The number of guanidine groups is 1. The Morgan fingerprint density at radius 3 is 2.33 bits per heavy atom. The van der Waals surface area contributed by atoms with E-state index in [1.807, 2.05) is 7.05 Å². The summed E-state index contributed by atoms with van der Waals surface area (Å²) in [5.74, 6) is 2.60. The summed E-state index contributed by atoms with van der Waals surface area (Å²) < 4.78 is 5.25. The van der Waals surface area contributed by atoms with Gasteiger partial charge in [-0.1, -0.05) is 18.6 Å². The summed E-state index contributed by atoms with van der Waals surface area (Å²) in [4.78, 5) is 9.51. The van der Waals surface area contributed by atoms with Crippen molar-refractivity contribution in [2.24, 2.45) is 10.9 Å². The minimum atomic E-state index is 0. The number of rotatable bonds is 8. The Labute approximate surface area is 199 Å². The van der Waals surface area contributed by atoms with E-state index >= 15 is 0 Å². The molecule has 0 aliphatic carbocycles. The number of methoxy groups -OCH3 is 1. The van der Waals surface area contributed by atoms with Gasteiger partial charge in [-0.15, -0.1) is 24.0 Å². The summed E-state index contributed by atoms with van der Waals surface area (Å²) >= 11 is 0. The summed E-state index contributed by atoms with van der Waals surface area (Å²) in [5, 5.41) is 7.03. The lowest BCUT2D eigenvalue weighted by molar-refractivity contribution is 0.178. The van der Waals surface area contributed by atoms with Gasteiger partial charge in [0.1, 0.15) is 5.75 Å². The Balaban J connectivity index is 0.00000320. The van der Waals surface area contributed by atoms with Gasteiger partial charge in [0.05, 0.1) is 7.11 Å². The SMILES string of the molecule is CN=C(NCCN1CCCCC1)NCC1CCN(Cc2ccc(OC)cc2)CC1.I. The van der Waals surface area contributed by atoms with Crippen LogP contribution in [0.3, 0.4) is 0 Å². The largest absolute Gasteiger partial charge is 0.497 e. The van der Waals surface area contributed by atoms with Gasteiger partial charge >= 0.3 is 0 Å². The van der Waals surface area contributed by atoms with Crippen molar-refractivity contribution in [3.05, 3.63) is 29.8 Å². The topological polar surface area (TPSA) is 52.1 Å². The third-order valence-electron chi connectivity index (χ3n) is 6.22. The number of piperidine rings is 2. The number of ether oxygens (including phenoxy) is 1. The van der Waals surface area contributed by atoms with Crippen LogP contribution in [0.15, 0.2) is 29.3 Å². The van der Waals surface area contributed by atoms with Crippen molar-refractivity contribution in [3.63, 3.8) is 0 Å². The van der Waals surface area contributed by atoms with Crippen LogP contribution in [0.25, 0.3) is 0 Å². The van der Waals surface area contributed by atoms with Crippen molar-refractivity contribution >= 4 is 29.9 Å². The first-order valence-electron chi connectivity index (χ1n) is 11.3. The van der Waals surface area contributed by atoms with E-state index in [1.165, 1.54) is 63.8 Å². The highest BCUT2D eigenvalue weighted by atomic mass is 127. The van der Waals surface area contributed by atoms with Crippen molar-refractivity contribution in [1.82, 2.24) is 20.4 Å². The summed E-state index contributed by atoms with van der Waals surface area (Å²) in [6.07, 6.45) is 6.59. The molecule has 0 saturated carbocycles. The molecule has 7 heteroatoms. The van der Waals surface area contributed by atoms with E-state index in [1.54, 1.807) is 7.11 Å². The molecule has 0 amide bonds. The van der Waals surface area contributed by atoms with Gasteiger partial charge in [0.15, 0.2) is 5.96 Å². The zero-order chi connectivity index (χ0) is 20.3. The maximum Gasteiger partial charge on any atom is 0.191 e.